The lowest BCUT2D eigenvalue weighted by molar-refractivity contribution is 0.170. The van der Waals surface area contributed by atoms with Crippen LogP contribution in [-0.4, -0.2) is 23.1 Å². The Morgan fingerprint density at radius 2 is 1.95 bits per heavy atom. The zero-order valence-corrected chi connectivity index (χ0v) is 13.1. The van der Waals surface area contributed by atoms with Crippen molar-refractivity contribution < 1.29 is 4.43 Å². The van der Waals surface area contributed by atoms with E-state index in [1.54, 1.807) is 11.0 Å². The minimum absolute atomic E-state index is 0.0226. The minimum Gasteiger partial charge on any atom is -0.409 e. The van der Waals surface area contributed by atoms with Crippen molar-refractivity contribution in [2.75, 3.05) is 0 Å². The number of rotatable bonds is 5. The Morgan fingerprint density at radius 1 is 1.26 bits per heavy atom. The maximum Gasteiger partial charge on any atom is 0.184 e. The van der Waals surface area contributed by atoms with E-state index < -0.39 is 8.32 Å². The summed E-state index contributed by atoms with van der Waals surface area (Å²) >= 11 is 5.93. The van der Waals surface area contributed by atoms with Gasteiger partial charge in [0.2, 0.25) is 0 Å². The van der Waals surface area contributed by atoms with Crippen LogP contribution in [0.2, 0.25) is 24.7 Å². The summed E-state index contributed by atoms with van der Waals surface area (Å²) in [4.78, 5) is 3.97. The van der Waals surface area contributed by atoms with Gasteiger partial charge in [0.15, 0.2) is 8.32 Å². The molecule has 2 aromatic rings. The zero-order valence-electron chi connectivity index (χ0n) is 11.4. The van der Waals surface area contributed by atoms with E-state index in [9.17, 15) is 0 Å². The molecule has 0 radical (unpaired) electrons. The second kappa shape index (κ2) is 5.86. The smallest absolute Gasteiger partial charge is 0.184 e. The molecule has 6 heteroatoms. The number of benzene rings is 1. The van der Waals surface area contributed by atoms with Crippen LogP contribution in [0.5, 0.6) is 0 Å². The third-order valence-electron chi connectivity index (χ3n) is 2.56. The predicted molar refractivity (Wildman–Crippen MR) is 78.6 cm³/mol. The maximum absolute atomic E-state index is 6.24. The van der Waals surface area contributed by atoms with Crippen molar-refractivity contribution >= 4 is 19.9 Å². The summed E-state index contributed by atoms with van der Waals surface area (Å²) in [5.41, 5.74) is 1.11. The molecule has 0 saturated heterocycles. The Hall–Kier alpha value is -1.17. The monoisotopic (exact) mass is 295 g/mol. The van der Waals surface area contributed by atoms with Gasteiger partial charge in [0.25, 0.3) is 0 Å². The molecule has 1 unspecified atom stereocenters. The molecule has 102 valence electrons. The Bertz CT molecular complexity index is 508. The highest BCUT2D eigenvalue weighted by atomic mass is 35.5. The topological polar surface area (TPSA) is 39.9 Å². The van der Waals surface area contributed by atoms with Crippen LogP contribution in [0.1, 0.15) is 11.7 Å². The predicted octanol–water partition coefficient (Wildman–Crippen LogP) is 3.52. The van der Waals surface area contributed by atoms with Crippen molar-refractivity contribution in [2.45, 2.75) is 32.3 Å². The van der Waals surface area contributed by atoms with Crippen LogP contribution in [0.25, 0.3) is 0 Å². The van der Waals surface area contributed by atoms with Gasteiger partial charge in [-0.15, -0.1) is 0 Å². The Labute approximate surface area is 119 Å². The summed E-state index contributed by atoms with van der Waals surface area (Å²) in [6, 6.07) is 7.78. The van der Waals surface area contributed by atoms with E-state index >= 15 is 0 Å². The molecule has 0 fully saturated rings. The van der Waals surface area contributed by atoms with Gasteiger partial charge in [-0.25, -0.2) is 4.98 Å². The number of hydrogen-bond donors (Lipinski definition) is 0. The molecule has 0 spiro atoms. The standard InChI is InChI=1S/C13H18ClN3OSi/c1-19(2,3)18-13(8-17-10-15-9-16-17)11-4-6-12(14)7-5-11/h4-7,9-10,13H,8H2,1-3H3. The molecule has 1 atom stereocenters. The van der Waals surface area contributed by atoms with Crippen molar-refractivity contribution in [3.8, 4) is 0 Å². The fourth-order valence-electron chi connectivity index (χ4n) is 1.81. The van der Waals surface area contributed by atoms with Gasteiger partial charge in [-0.2, -0.15) is 5.10 Å². The first kappa shape index (κ1) is 14.2. The van der Waals surface area contributed by atoms with E-state index in [0.29, 0.717) is 6.54 Å². The van der Waals surface area contributed by atoms with Crippen LogP contribution >= 0.6 is 11.6 Å². The van der Waals surface area contributed by atoms with E-state index in [2.05, 4.69) is 29.7 Å². The van der Waals surface area contributed by atoms with Gasteiger partial charge >= 0.3 is 0 Å². The summed E-state index contributed by atoms with van der Waals surface area (Å²) in [6.07, 6.45) is 3.22. The molecule has 1 aromatic heterocycles. The number of halogens is 1. The van der Waals surface area contributed by atoms with Crippen LogP contribution < -0.4 is 0 Å². The summed E-state index contributed by atoms with van der Waals surface area (Å²) < 4.78 is 8.04. The minimum atomic E-state index is -1.64. The fourth-order valence-corrected chi connectivity index (χ4v) is 3.00. The highest BCUT2D eigenvalue weighted by Gasteiger charge is 2.23. The summed E-state index contributed by atoms with van der Waals surface area (Å²) in [5.74, 6) is 0. The van der Waals surface area contributed by atoms with Gasteiger partial charge in [0.1, 0.15) is 12.7 Å². The van der Waals surface area contributed by atoms with Crippen molar-refractivity contribution in [1.82, 2.24) is 14.8 Å². The molecule has 0 aliphatic carbocycles. The molecule has 2 rings (SSSR count). The average molecular weight is 296 g/mol. The van der Waals surface area contributed by atoms with E-state index in [-0.39, 0.29) is 6.10 Å². The molecule has 0 aliphatic rings. The van der Waals surface area contributed by atoms with Gasteiger partial charge in [-0.1, -0.05) is 23.7 Å². The molecule has 19 heavy (non-hydrogen) atoms. The fraction of sp³-hybridized carbons (Fsp3) is 0.385. The third-order valence-corrected chi connectivity index (χ3v) is 3.80. The summed E-state index contributed by atoms with van der Waals surface area (Å²) in [7, 11) is -1.64. The SMILES string of the molecule is C[Si](C)(C)OC(Cn1cncn1)c1ccc(Cl)cc1. The van der Waals surface area contributed by atoms with Gasteiger partial charge in [0.05, 0.1) is 12.6 Å². The Morgan fingerprint density at radius 3 is 2.47 bits per heavy atom. The van der Waals surface area contributed by atoms with Crippen molar-refractivity contribution in [3.05, 3.63) is 47.5 Å². The van der Waals surface area contributed by atoms with Crippen molar-refractivity contribution in [1.29, 1.82) is 0 Å². The lowest BCUT2D eigenvalue weighted by atomic mass is 10.1. The molecule has 0 N–H and O–H groups in total. The van der Waals surface area contributed by atoms with Crippen LogP contribution in [0, 0.1) is 0 Å². The lowest BCUT2D eigenvalue weighted by Crippen LogP contribution is -2.30. The molecule has 0 aliphatic heterocycles. The van der Waals surface area contributed by atoms with Crippen LogP contribution in [0.4, 0.5) is 0 Å². The quantitative estimate of drug-likeness (QED) is 0.792. The molecule has 0 saturated carbocycles. The number of aromatic nitrogens is 3. The molecule has 1 heterocycles. The number of hydrogen-bond acceptors (Lipinski definition) is 3. The largest absolute Gasteiger partial charge is 0.409 e. The van der Waals surface area contributed by atoms with E-state index in [4.69, 9.17) is 16.0 Å². The zero-order chi connectivity index (χ0) is 13.9. The van der Waals surface area contributed by atoms with Crippen LogP contribution in [-0.2, 0) is 11.0 Å². The number of nitrogens with zero attached hydrogens (tertiary/aromatic N) is 3. The molecule has 0 bridgehead atoms. The van der Waals surface area contributed by atoms with Gasteiger partial charge in [-0.05, 0) is 37.3 Å². The summed E-state index contributed by atoms with van der Waals surface area (Å²) in [6.45, 7) is 7.19. The normalized spacial score (nSPS) is 13.5. The van der Waals surface area contributed by atoms with Gasteiger partial charge in [-0.3, -0.25) is 4.68 Å². The van der Waals surface area contributed by atoms with Crippen LogP contribution in [0.3, 0.4) is 0 Å². The van der Waals surface area contributed by atoms with E-state index in [1.165, 1.54) is 6.33 Å². The first-order valence-corrected chi connectivity index (χ1v) is 9.98. The van der Waals surface area contributed by atoms with Crippen molar-refractivity contribution in [2.24, 2.45) is 0 Å². The van der Waals surface area contributed by atoms with Crippen molar-refractivity contribution in [3.63, 3.8) is 0 Å². The van der Waals surface area contributed by atoms with Gasteiger partial charge in [0, 0.05) is 5.02 Å². The molecular weight excluding hydrogens is 278 g/mol. The maximum atomic E-state index is 6.24. The first-order valence-electron chi connectivity index (χ1n) is 6.20. The molecule has 1 aromatic carbocycles. The highest BCUT2D eigenvalue weighted by Crippen LogP contribution is 2.25. The van der Waals surface area contributed by atoms with E-state index in [0.717, 1.165) is 10.6 Å². The lowest BCUT2D eigenvalue weighted by Gasteiger charge is -2.26. The summed E-state index contributed by atoms with van der Waals surface area (Å²) in [5, 5.41) is 4.88. The second-order valence-corrected chi connectivity index (χ2v) is 10.3. The Balaban J connectivity index is 2.20. The molecule has 4 nitrogen and oxygen atoms in total. The van der Waals surface area contributed by atoms with E-state index in [1.807, 2.05) is 24.3 Å². The second-order valence-electron chi connectivity index (χ2n) is 5.39. The Kier molecular flexibility index (Phi) is 4.39. The van der Waals surface area contributed by atoms with Crippen LogP contribution in [0.15, 0.2) is 36.9 Å². The highest BCUT2D eigenvalue weighted by molar-refractivity contribution is 6.69. The molecular formula is C13H18ClN3OSi. The average Bonchev–Trinajstić information content (AvgIpc) is 2.80. The first-order chi connectivity index (χ1) is 8.94. The third kappa shape index (κ3) is 4.45. The van der Waals surface area contributed by atoms with Gasteiger partial charge < -0.3 is 4.43 Å². The molecule has 0 amide bonds.